The van der Waals surface area contributed by atoms with E-state index in [2.05, 4.69) is 47.2 Å². The third-order valence-corrected chi connectivity index (χ3v) is 4.49. The van der Waals surface area contributed by atoms with E-state index in [-0.39, 0.29) is 0 Å². The molecule has 18 heavy (non-hydrogen) atoms. The van der Waals surface area contributed by atoms with Gasteiger partial charge in [-0.25, -0.2) is 0 Å². The monoisotopic (exact) mass is 258 g/mol. The summed E-state index contributed by atoms with van der Waals surface area (Å²) in [7, 11) is 0. The zero-order valence-corrected chi connectivity index (χ0v) is 11.4. The fraction of sp³-hybridized carbons (Fsp3) is 0.333. The van der Waals surface area contributed by atoms with Crippen molar-refractivity contribution in [3.8, 4) is 0 Å². The quantitative estimate of drug-likeness (QED) is 0.879. The van der Waals surface area contributed by atoms with E-state index in [1.165, 1.54) is 27.3 Å². The lowest BCUT2D eigenvalue weighted by atomic mass is 10.1. The first kappa shape index (κ1) is 11.8. The molecular weight excluding hydrogens is 240 g/mol. The van der Waals surface area contributed by atoms with Gasteiger partial charge in [0.1, 0.15) is 0 Å². The molecule has 0 amide bonds. The van der Waals surface area contributed by atoms with Gasteiger partial charge in [-0.15, -0.1) is 11.3 Å². The highest BCUT2D eigenvalue weighted by Crippen LogP contribution is 2.23. The minimum atomic E-state index is 0.937. The van der Waals surface area contributed by atoms with Crippen molar-refractivity contribution in [2.75, 3.05) is 11.9 Å². The first-order chi connectivity index (χ1) is 8.83. The van der Waals surface area contributed by atoms with Crippen LogP contribution in [-0.2, 0) is 19.5 Å². The van der Waals surface area contributed by atoms with Gasteiger partial charge < -0.3 is 10.6 Å². The second-order valence-corrected chi connectivity index (χ2v) is 5.80. The Morgan fingerprint density at radius 1 is 1.28 bits per heavy atom. The minimum Gasteiger partial charge on any atom is -0.384 e. The lowest BCUT2D eigenvalue weighted by molar-refractivity contribution is 0.699. The Bertz CT molecular complexity index is 545. The van der Waals surface area contributed by atoms with Crippen LogP contribution in [0.2, 0.25) is 0 Å². The highest BCUT2D eigenvalue weighted by atomic mass is 32.1. The van der Waals surface area contributed by atoms with Crippen LogP contribution in [0.1, 0.15) is 21.6 Å². The minimum absolute atomic E-state index is 0.937. The Balaban J connectivity index is 1.59. The summed E-state index contributed by atoms with van der Waals surface area (Å²) in [5.74, 6) is 0. The van der Waals surface area contributed by atoms with Crippen molar-refractivity contribution < 1.29 is 0 Å². The Morgan fingerprint density at radius 3 is 3.06 bits per heavy atom. The summed E-state index contributed by atoms with van der Waals surface area (Å²) in [5.41, 5.74) is 5.52. The predicted molar refractivity (Wildman–Crippen MR) is 78.2 cm³/mol. The fourth-order valence-electron chi connectivity index (χ4n) is 2.35. The van der Waals surface area contributed by atoms with E-state index in [1.54, 1.807) is 0 Å². The molecule has 2 nitrogen and oxygen atoms in total. The molecule has 2 N–H and O–H groups in total. The molecule has 1 aliphatic heterocycles. The van der Waals surface area contributed by atoms with E-state index in [4.69, 9.17) is 0 Å². The van der Waals surface area contributed by atoms with Crippen LogP contribution in [0, 0.1) is 6.92 Å². The average Bonchev–Trinajstić information content (AvgIpc) is 2.98. The lowest BCUT2D eigenvalue weighted by Crippen LogP contribution is -2.12. The first-order valence-electron chi connectivity index (χ1n) is 6.42. The van der Waals surface area contributed by atoms with Crippen molar-refractivity contribution in [2.45, 2.75) is 26.4 Å². The SMILES string of the molecule is Cc1ccsc1CNCc1ccc2c(c1)NCC2. The van der Waals surface area contributed by atoms with Crippen molar-refractivity contribution in [2.24, 2.45) is 0 Å². The van der Waals surface area contributed by atoms with Crippen LogP contribution in [0.5, 0.6) is 0 Å². The molecule has 0 bridgehead atoms. The van der Waals surface area contributed by atoms with Gasteiger partial charge in [-0.05, 0) is 47.5 Å². The van der Waals surface area contributed by atoms with Crippen LogP contribution in [-0.4, -0.2) is 6.54 Å². The standard InChI is InChI=1S/C15H18N2S/c1-11-5-7-18-15(11)10-16-9-12-2-3-13-4-6-17-14(13)8-12/h2-3,5,7-8,16-17H,4,6,9-10H2,1H3. The number of benzene rings is 1. The van der Waals surface area contributed by atoms with E-state index in [9.17, 15) is 0 Å². The average molecular weight is 258 g/mol. The smallest absolute Gasteiger partial charge is 0.0376 e. The number of fused-ring (bicyclic) bond motifs is 1. The summed E-state index contributed by atoms with van der Waals surface area (Å²) in [5, 5.41) is 9.11. The largest absolute Gasteiger partial charge is 0.384 e. The number of nitrogens with one attached hydrogen (secondary N) is 2. The Kier molecular flexibility index (Phi) is 3.35. The van der Waals surface area contributed by atoms with Crippen molar-refractivity contribution >= 4 is 17.0 Å². The van der Waals surface area contributed by atoms with Crippen LogP contribution in [0.4, 0.5) is 5.69 Å². The van der Waals surface area contributed by atoms with E-state index < -0.39 is 0 Å². The molecule has 0 saturated heterocycles. The van der Waals surface area contributed by atoms with E-state index in [0.29, 0.717) is 0 Å². The molecular formula is C15H18N2S. The zero-order valence-electron chi connectivity index (χ0n) is 10.6. The second kappa shape index (κ2) is 5.12. The highest BCUT2D eigenvalue weighted by Gasteiger charge is 2.09. The maximum absolute atomic E-state index is 3.52. The van der Waals surface area contributed by atoms with Gasteiger partial charge >= 0.3 is 0 Å². The molecule has 0 radical (unpaired) electrons. The lowest BCUT2D eigenvalue weighted by Gasteiger charge is -2.07. The molecule has 94 valence electrons. The highest BCUT2D eigenvalue weighted by molar-refractivity contribution is 7.10. The number of hydrogen-bond donors (Lipinski definition) is 2. The van der Waals surface area contributed by atoms with Crippen LogP contribution < -0.4 is 10.6 Å². The van der Waals surface area contributed by atoms with Crippen molar-refractivity contribution in [1.82, 2.24) is 5.32 Å². The molecule has 1 aromatic heterocycles. The summed E-state index contributed by atoms with van der Waals surface area (Å²) >= 11 is 1.83. The third-order valence-electron chi connectivity index (χ3n) is 3.47. The van der Waals surface area contributed by atoms with E-state index in [1.807, 2.05) is 11.3 Å². The number of hydrogen-bond acceptors (Lipinski definition) is 3. The molecule has 0 spiro atoms. The molecule has 0 atom stereocenters. The number of anilines is 1. The normalized spacial score (nSPS) is 13.4. The predicted octanol–water partition coefficient (Wildman–Crippen LogP) is 3.31. The number of rotatable bonds is 4. The Hall–Kier alpha value is -1.32. The molecule has 0 fully saturated rings. The molecule has 1 aliphatic rings. The topological polar surface area (TPSA) is 24.1 Å². The number of aryl methyl sites for hydroxylation is 1. The summed E-state index contributed by atoms with van der Waals surface area (Å²) in [6, 6.07) is 8.94. The second-order valence-electron chi connectivity index (χ2n) is 4.80. The van der Waals surface area contributed by atoms with Gasteiger partial charge in [0.15, 0.2) is 0 Å². The van der Waals surface area contributed by atoms with Gasteiger partial charge in [-0.1, -0.05) is 12.1 Å². The molecule has 1 aromatic carbocycles. The van der Waals surface area contributed by atoms with Crippen LogP contribution >= 0.6 is 11.3 Å². The van der Waals surface area contributed by atoms with Gasteiger partial charge in [0.2, 0.25) is 0 Å². The van der Waals surface area contributed by atoms with Crippen molar-refractivity contribution in [3.63, 3.8) is 0 Å². The van der Waals surface area contributed by atoms with Gasteiger partial charge in [-0.3, -0.25) is 0 Å². The fourth-order valence-corrected chi connectivity index (χ4v) is 3.23. The first-order valence-corrected chi connectivity index (χ1v) is 7.30. The maximum Gasteiger partial charge on any atom is 0.0376 e. The van der Waals surface area contributed by atoms with Crippen LogP contribution in [0.3, 0.4) is 0 Å². The molecule has 2 aromatic rings. The Labute approximate surface area is 112 Å². The number of thiophene rings is 1. The molecule has 0 unspecified atom stereocenters. The molecule has 3 rings (SSSR count). The molecule has 3 heteroatoms. The Morgan fingerprint density at radius 2 is 2.22 bits per heavy atom. The van der Waals surface area contributed by atoms with Crippen LogP contribution in [0.25, 0.3) is 0 Å². The summed E-state index contributed by atoms with van der Waals surface area (Å²) in [6.45, 7) is 5.16. The van der Waals surface area contributed by atoms with Gasteiger partial charge in [0, 0.05) is 30.2 Å². The summed E-state index contributed by atoms with van der Waals surface area (Å²) < 4.78 is 0. The van der Waals surface area contributed by atoms with Crippen molar-refractivity contribution in [1.29, 1.82) is 0 Å². The summed E-state index contributed by atoms with van der Waals surface area (Å²) in [4.78, 5) is 1.44. The van der Waals surface area contributed by atoms with E-state index in [0.717, 1.165) is 26.1 Å². The summed E-state index contributed by atoms with van der Waals surface area (Å²) in [6.07, 6.45) is 1.16. The van der Waals surface area contributed by atoms with Crippen LogP contribution in [0.15, 0.2) is 29.6 Å². The zero-order chi connectivity index (χ0) is 12.4. The molecule has 2 heterocycles. The van der Waals surface area contributed by atoms with Gasteiger partial charge in [0.25, 0.3) is 0 Å². The van der Waals surface area contributed by atoms with Gasteiger partial charge in [0.05, 0.1) is 0 Å². The van der Waals surface area contributed by atoms with Crippen molar-refractivity contribution in [3.05, 3.63) is 51.2 Å². The van der Waals surface area contributed by atoms with E-state index >= 15 is 0 Å². The maximum atomic E-state index is 3.52. The van der Waals surface area contributed by atoms with Gasteiger partial charge in [-0.2, -0.15) is 0 Å². The third kappa shape index (κ3) is 2.42. The molecule has 0 aliphatic carbocycles. The molecule has 0 saturated carbocycles.